The van der Waals surface area contributed by atoms with Gasteiger partial charge in [-0.25, -0.2) is 4.98 Å². The monoisotopic (exact) mass is 281 g/mol. The maximum Gasteiger partial charge on any atom is 0.224 e. The Morgan fingerprint density at radius 3 is 2.85 bits per heavy atom. The van der Waals surface area contributed by atoms with Crippen LogP contribution in [0.5, 0.6) is 0 Å². The van der Waals surface area contributed by atoms with Crippen molar-refractivity contribution in [2.24, 2.45) is 0 Å². The maximum absolute atomic E-state index is 11.5. The lowest BCUT2D eigenvalue weighted by Crippen LogP contribution is -2.18. The van der Waals surface area contributed by atoms with E-state index >= 15 is 0 Å². The number of carbonyl (C=O) groups is 1. The third kappa shape index (κ3) is 1.87. The summed E-state index contributed by atoms with van der Waals surface area (Å²) in [4.78, 5) is 20.2. The van der Waals surface area contributed by atoms with E-state index < -0.39 is 0 Å². The molecule has 98 valence electrons. The minimum absolute atomic E-state index is 0.0933. The molecule has 0 unspecified atom stereocenters. The van der Waals surface area contributed by atoms with Gasteiger partial charge in [0, 0.05) is 30.1 Å². The Balaban J connectivity index is 1.86. The lowest BCUT2D eigenvalue weighted by Gasteiger charge is -2.16. The molecule has 1 N–H and O–H groups in total. The van der Waals surface area contributed by atoms with Gasteiger partial charge in [-0.15, -0.1) is 11.3 Å². The zero-order chi connectivity index (χ0) is 13.5. The summed E-state index contributed by atoms with van der Waals surface area (Å²) in [5, 5.41) is 3.91. The van der Waals surface area contributed by atoms with E-state index in [2.05, 4.69) is 21.4 Å². The largest absolute Gasteiger partial charge is 0.326 e. The van der Waals surface area contributed by atoms with Crippen LogP contribution in [0.2, 0.25) is 0 Å². The van der Waals surface area contributed by atoms with Gasteiger partial charge in [0.25, 0.3) is 0 Å². The van der Waals surface area contributed by atoms with Gasteiger partial charge in [-0.05, 0) is 36.2 Å². The van der Waals surface area contributed by atoms with Crippen molar-refractivity contribution >= 4 is 33.1 Å². The van der Waals surface area contributed by atoms with E-state index in [9.17, 15) is 4.79 Å². The lowest BCUT2D eigenvalue weighted by molar-refractivity contribution is -0.116. The molecular weight excluding hydrogens is 270 g/mol. The van der Waals surface area contributed by atoms with Crippen LogP contribution in [0.25, 0.3) is 20.8 Å². The molecule has 3 heterocycles. The highest BCUT2D eigenvalue weighted by Crippen LogP contribution is 2.34. The number of nitrogens with one attached hydrogen (secondary N) is 1. The number of thiazole rings is 1. The number of pyridine rings is 1. The number of hydrogen-bond acceptors (Lipinski definition) is 4. The van der Waals surface area contributed by atoms with Crippen molar-refractivity contribution < 1.29 is 4.79 Å². The number of amides is 1. The zero-order valence-electron chi connectivity index (χ0n) is 10.6. The predicted molar refractivity (Wildman–Crippen MR) is 79.8 cm³/mol. The zero-order valence-corrected chi connectivity index (χ0v) is 11.4. The van der Waals surface area contributed by atoms with Crippen LogP contribution >= 0.6 is 11.3 Å². The number of benzene rings is 1. The van der Waals surface area contributed by atoms with E-state index in [1.54, 1.807) is 23.7 Å². The SMILES string of the molecule is O=C1CCc2cc3nc(-c4ccncc4)sc3cc2N1. The number of hydrogen-bond donors (Lipinski definition) is 1. The van der Waals surface area contributed by atoms with E-state index in [4.69, 9.17) is 0 Å². The number of carbonyl (C=O) groups excluding carboxylic acids is 1. The maximum atomic E-state index is 11.5. The van der Waals surface area contributed by atoms with E-state index in [1.165, 1.54) is 5.56 Å². The van der Waals surface area contributed by atoms with Gasteiger partial charge >= 0.3 is 0 Å². The van der Waals surface area contributed by atoms with E-state index in [-0.39, 0.29) is 5.91 Å². The number of aromatic nitrogens is 2. The Bertz CT molecular complexity index is 811. The highest BCUT2D eigenvalue weighted by atomic mass is 32.1. The molecule has 1 aliphatic heterocycles. The third-order valence-electron chi connectivity index (χ3n) is 3.44. The Hall–Kier alpha value is -2.27. The molecule has 0 fully saturated rings. The summed E-state index contributed by atoms with van der Waals surface area (Å²) in [7, 11) is 0. The molecule has 4 rings (SSSR count). The second-order valence-electron chi connectivity index (χ2n) is 4.78. The summed E-state index contributed by atoms with van der Waals surface area (Å²) in [6.07, 6.45) is 4.89. The fraction of sp³-hybridized carbons (Fsp3) is 0.133. The average Bonchev–Trinajstić information content (AvgIpc) is 2.88. The van der Waals surface area contributed by atoms with E-state index in [0.29, 0.717) is 6.42 Å². The van der Waals surface area contributed by atoms with E-state index in [0.717, 1.165) is 32.9 Å². The van der Waals surface area contributed by atoms with Crippen molar-refractivity contribution in [2.75, 3.05) is 5.32 Å². The molecule has 0 atom stereocenters. The topological polar surface area (TPSA) is 54.9 Å². The molecule has 1 aromatic carbocycles. The smallest absolute Gasteiger partial charge is 0.224 e. The molecule has 2 aromatic heterocycles. The summed E-state index contributed by atoms with van der Waals surface area (Å²) in [6.45, 7) is 0. The normalized spacial score (nSPS) is 14.1. The lowest BCUT2D eigenvalue weighted by atomic mass is 10.0. The number of fused-ring (bicyclic) bond motifs is 2. The standard InChI is InChI=1S/C15H11N3OS/c19-14-2-1-10-7-12-13(8-11(10)17-14)20-15(18-12)9-3-5-16-6-4-9/h3-8H,1-2H2,(H,17,19). The van der Waals surface area contributed by atoms with Gasteiger partial charge in [-0.1, -0.05) is 0 Å². The summed E-state index contributed by atoms with van der Waals surface area (Å²) < 4.78 is 1.10. The van der Waals surface area contributed by atoms with Crippen molar-refractivity contribution in [1.29, 1.82) is 0 Å². The van der Waals surface area contributed by atoms with Crippen molar-refractivity contribution in [3.8, 4) is 10.6 Å². The van der Waals surface area contributed by atoms with Crippen LogP contribution < -0.4 is 5.32 Å². The van der Waals surface area contributed by atoms with Crippen LogP contribution in [0.3, 0.4) is 0 Å². The molecule has 0 spiro atoms. The Morgan fingerprint density at radius 2 is 2.00 bits per heavy atom. The van der Waals surface area contributed by atoms with E-state index in [1.807, 2.05) is 18.2 Å². The first-order valence-electron chi connectivity index (χ1n) is 6.43. The fourth-order valence-corrected chi connectivity index (χ4v) is 3.41. The van der Waals surface area contributed by atoms with Crippen LogP contribution in [-0.4, -0.2) is 15.9 Å². The Labute approximate surface area is 119 Å². The first kappa shape index (κ1) is 11.5. The van der Waals surface area contributed by atoms with Crippen molar-refractivity contribution in [3.63, 3.8) is 0 Å². The second kappa shape index (κ2) is 4.38. The number of rotatable bonds is 1. The molecule has 1 aliphatic rings. The molecule has 5 heteroatoms. The first-order valence-corrected chi connectivity index (χ1v) is 7.25. The van der Waals surface area contributed by atoms with Crippen LogP contribution in [0.1, 0.15) is 12.0 Å². The van der Waals surface area contributed by atoms with Crippen LogP contribution in [0.15, 0.2) is 36.7 Å². The summed E-state index contributed by atoms with van der Waals surface area (Å²) in [6, 6.07) is 8.04. The highest BCUT2D eigenvalue weighted by Gasteiger charge is 2.17. The van der Waals surface area contributed by atoms with Gasteiger partial charge in [0.1, 0.15) is 5.01 Å². The predicted octanol–water partition coefficient (Wildman–Crippen LogP) is 3.24. The Morgan fingerprint density at radius 1 is 1.15 bits per heavy atom. The number of nitrogens with zero attached hydrogens (tertiary/aromatic N) is 2. The first-order chi connectivity index (χ1) is 9.79. The van der Waals surface area contributed by atoms with Crippen molar-refractivity contribution in [3.05, 3.63) is 42.2 Å². The Kier molecular flexibility index (Phi) is 2.53. The number of anilines is 1. The summed E-state index contributed by atoms with van der Waals surface area (Å²) >= 11 is 1.63. The molecule has 1 amide bonds. The fourth-order valence-electron chi connectivity index (χ4n) is 2.42. The molecular formula is C15H11N3OS. The molecule has 0 bridgehead atoms. The molecule has 0 saturated heterocycles. The van der Waals surface area contributed by atoms with Gasteiger partial charge in [-0.3, -0.25) is 9.78 Å². The molecule has 0 radical (unpaired) electrons. The molecule has 0 aliphatic carbocycles. The molecule has 4 nitrogen and oxygen atoms in total. The highest BCUT2D eigenvalue weighted by molar-refractivity contribution is 7.21. The molecule has 20 heavy (non-hydrogen) atoms. The summed E-state index contributed by atoms with van der Waals surface area (Å²) in [5.41, 5.74) is 4.17. The van der Waals surface area contributed by atoms with Gasteiger partial charge in [0.05, 0.1) is 10.2 Å². The minimum Gasteiger partial charge on any atom is -0.326 e. The minimum atomic E-state index is 0.0933. The van der Waals surface area contributed by atoms with Crippen LogP contribution in [0, 0.1) is 0 Å². The van der Waals surface area contributed by atoms with Gasteiger partial charge in [-0.2, -0.15) is 0 Å². The van der Waals surface area contributed by atoms with Crippen LogP contribution in [-0.2, 0) is 11.2 Å². The number of aryl methyl sites for hydroxylation is 1. The van der Waals surface area contributed by atoms with Crippen molar-refractivity contribution in [2.45, 2.75) is 12.8 Å². The average molecular weight is 281 g/mol. The summed E-state index contributed by atoms with van der Waals surface area (Å²) in [5.74, 6) is 0.0933. The van der Waals surface area contributed by atoms with Gasteiger partial charge < -0.3 is 5.32 Å². The molecule has 3 aromatic rings. The van der Waals surface area contributed by atoms with Crippen molar-refractivity contribution in [1.82, 2.24) is 9.97 Å². The van der Waals surface area contributed by atoms with Crippen LogP contribution in [0.4, 0.5) is 5.69 Å². The third-order valence-corrected chi connectivity index (χ3v) is 4.50. The molecule has 0 saturated carbocycles. The quantitative estimate of drug-likeness (QED) is 0.745. The van der Waals surface area contributed by atoms with Gasteiger partial charge in [0.2, 0.25) is 5.91 Å². The van der Waals surface area contributed by atoms with Gasteiger partial charge in [0.15, 0.2) is 0 Å². The second-order valence-corrected chi connectivity index (χ2v) is 5.81.